The molecular formula is C27H39N5O7. The summed E-state index contributed by atoms with van der Waals surface area (Å²) in [5.74, 6) is -2.78. The van der Waals surface area contributed by atoms with Crippen molar-refractivity contribution in [3.8, 4) is 0 Å². The number of carboxylic acid groups (broad SMARTS) is 3. The summed E-state index contributed by atoms with van der Waals surface area (Å²) in [4.78, 5) is 42.0. The molecule has 0 amide bonds. The van der Waals surface area contributed by atoms with Gasteiger partial charge >= 0.3 is 17.9 Å². The van der Waals surface area contributed by atoms with Crippen molar-refractivity contribution in [3.05, 3.63) is 47.4 Å². The van der Waals surface area contributed by atoms with Gasteiger partial charge in [0.05, 0.1) is 31.6 Å². The number of carboxylic acids is 3. The number of carbonyl (C=O) groups is 3. The Morgan fingerprint density at radius 1 is 0.667 bits per heavy atom. The summed E-state index contributed by atoms with van der Waals surface area (Å²) in [6.07, 6.45) is 3.38. The van der Waals surface area contributed by atoms with E-state index in [1.807, 2.05) is 39.0 Å². The summed E-state index contributed by atoms with van der Waals surface area (Å²) < 4.78 is 0.876. The van der Waals surface area contributed by atoms with E-state index in [0.29, 0.717) is 83.9 Å². The molecule has 0 unspecified atom stereocenters. The van der Waals surface area contributed by atoms with Crippen molar-refractivity contribution in [3.63, 3.8) is 0 Å². The Morgan fingerprint density at radius 2 is 1.10 bits per heavy atom. The Morgan fingerprint density at radius 3 is 1.62 bits per heavy atom. The minimum Gasteiger partial charge on any atom is -0.618 e. The van der Waals surface area contributed by atoms with Gasteiger partial charge in [0.2, 0.25) is 5.69 Å². The fourth-order valence-electron chi connectivity index (χ4n) is 5.12. The number of hydrogen-bond acceptors (Lipinski definition) is 8. The predicted octanol–water partition coefficient (Wildman–Crippen LogP) is 0.619. The monoisotopic (exact) mass is 545 g/mol. The molecule has 0 aliphatic carbocycles. The van der Waals surface area contributed by atoms with Crippen LogP contribution in [0.25, 0.3) is 10.8 Å². The molecule has 0 spiro atoms. The minimum absolute atomic E-state index is 0.102. The molecule has 12 nitrogen and oxygen atoms in total. The summed E-state index contributed by atoms with van der Waals surface area (Å²) in [5.41, 5.74) is 0.613. The lowest BCUT2D eigenvalue weighted by molar-refractivity contribution is -0.613. The molecule has 0 atom stereocenters. The van der Waals surface area contributed by atoms with E-state index in [9.17, 15) is 34.9 Å². The van der Waals surface area contributed by atoms with Crippen molar-refractivity contribution < 1.29 is 34.4 Å². The standard InChI is InChI=1S/C27H39N5O7/c33-25(34)19-28-9-3-10-29(20-26(35)36)12-5-14-31(21-27(37)38)17-16-30(13-4-11-28)18-24-23-7-2-1-6-22(23)8-15-32(24)39/h1-2,6-8,15H,3-5,9-14,16-21H2,(H,33,34)(H,35,36)(H,37,38). The molecule has 0 saturated carbocycles. The molecular weight excluding hydrogens is 506 g/mol. The Labute approximate surface area is 228 Å². The summed E-state index contributed by atoms with van der Waals surface area (Å²) in [6, 6.07) is 9.47. The molecule has 1 fully saturated rings. The zero-order chi connectivity index (χ0) is 28.2. The second-order valence-electron chi connectivity index (χ2n) is 10.0. The number of nitrogens with zero attached hydrogens (tertiary/aromatic N) is 5. The Balaban J connectivity index is 1.81. The van der Waals surface area contributed by atoms with Crippen LogP contribution in [0, 0.1) is 5.21 Å². The average molecular weight is 546 g/mol. The zero-order valence-electron chi connectivity index (χ0n) is 22.3. The van der Waals surface area contributed by atoms with Crippen LogP contribution >= 0.6 is 0 Å². The van der Waals surface area contributed by atoms with Gasteiger partial charge in [-0.1, -0.05) is 18.2 Å². The SMILES string of the molecule is O=C(O)CN1CCCN(CC(=O)O)CCCN(Cc2c3ccccc3cc[n+]2[O-])CCN(CC(=O)O)CCC1. The van der Waals surface area contributed by atoms with Crippen LogP contribution < -0.4 is 4.73 Å². The van der Waals surface area contributed by atoms with Crippen LogP contribution in [0.2, 0.25) is 0 Å². The highest BCUT2D eigenvalue weighted by molar-refractivity contribution is 5.83. The molecule has 1 saturated heterocycles. The van der Waals surface area contributed by atoms with Gasteiger partial charge < -0.3 is 20.5 Å². The minimum atomic E-state index is -0.933. The third-order valence-corrected chi connectivity index (χ3v) is 6.96. The Bertz CT molecular complexity index is 1120. The predicted molar refractivity (Wildman–Crippen MR) is 144 cm³/mol. The van der Waals surface area contributed by atoms with Crippen molar-refractivity contribution in [1.29, 1.82) is 0 Å². The smallest absolute Gasteiger partial charge is 0.317 e. The maximum absolute atomic E-state index is 12.8. The Hall–Kier alpha value is -3.32. The van der Waals surface area contributed by atoms with Gasteiger partial charge in [0.25, 0.3) is 0 Å². The first-order valence-corrected chi connectivity index (χ1v) is 13.4. The number of aromatic nitrogens is 1. The van der Waals surface area contributed by atoms with E-state index in [4.69, 9.17) is 0 Å². The number of pyridine rings is 1. The first-order chi connectivity index (χ1) is 18.7. The zero-order valence-corrected chi connectivity index (χ0v) is 22.3. The molecule has 1 aliphatic rings. The molecule has 0 bridgehead atoms. The van der Waals surface area contributed by atoms with Gasteiger partial charge in [-0.2, -0.15) is 4.73 Å². The number of aliphatic carboxylic acids is 3. The van der Waals surface area contributed by atoms with Crippen LogP contribution in [0.15, 0.2) is 36.5 Å². The maximum atomic E-state index is 12.8. The molecule has 3 N–H and O–H groups in total. The number of fused-ring (bicyclic) bond motifs is 1. The number of rotatable bonds is 8. The largest absolute Gasteiger partial charge is 0.618 e. The van der Waals surface area contributed by atoms with Crippen molar-refractivity contribution in [2.75, 3.05) is 72.0 Å². The number of benzene rings is 1. The van der Waals surface area contributed by atoms with Gasteiger partial charge in [-0.05, 0) is 63.4 Å². The second kappa shape index (κ2) is 15.3. The highest BCUT2D eigenvalue weighted by atomic mass is 16.5. The summed E-state index contributed by atoms with van der Waals surface area (Å²) in [7, 11) is 0. The molecule has 1 aromatic carbocycles. The summed E-state index contributed by atoms with van der Waals surface area (Å²) in [6.45, 7) is 4.18. The van der Waals surface area contributed by atoms with E-state index < -0.39 is 17.9 Å². The lowest BCUT2D eigenvalue weighted by atomic mass is 10.1. The molecule has 1 aliphatic heterocycles. The van der Waals surface area contributed by atoms with E-state index in [2.05, 4.69) is 4.90 Å². The van der Waals surface area contributed by atoms with Crippen LogP contribution in [0.4, 0.5) is 0 Å². The molecule has 2 aromatic rings. The Kier molecular flexibility index (Phi) is 11.9. The highest BCUT2D eigenvalue weighted by Crippen LogP contribution is 2.17. The molecule has 214 valence electrons. The fourth-order valence-corrected chi connectivity index (χ4v) is 5.12. The van der Waals surface area contributed by atoms with Crippen molar-refractivity contribution in [1.82, 2.24) is 19.6 Å². The van der Waals surface area contributed by atoms with Crippen molar-refractivity contribution >= 4 is 28.7 Å². The average Bonchev–Trinajstić information content (AvgIpc) is 2.87. The molecule has 1 aromatic heterocycles. The summed E-state index contributed by atoms with van der Waals surface area (Å²) in [5, 5.41) is 42.8. The third-order valence-electron chi connectivity index (χ3n) is 6.96. The van der Waals surface area contributed by atoms with E-state index in [1.54, 1.807) is 6.07 Å². The topological polar surface area (TPSA) is 152 Å². The summed E-state index contributed by atoms with van der Waals surface area (Å²) >= 11 is 0. The van der Waals surface area contributed by atoms with Gasteiger partial charge in [0.1, 0.15) is 0 Å². The quantitative estimate of drug-likeness (QED) is 0.316. The molecule has 3 rings (SSSR count). The van der Waals surface area contributed by atoms with E-state index in [1.165, 1.54) is 6.20 Å². The van der Waals surface area contributed by atoms with Crippen LogP contribution in [-0.4, -0.2) is 125 Å². The number of hydrogen-bond donors (Lipinski definition) is 3. The first-order valence-electron chi connectivity index (χ1n) is 13.4. The maximum Gasteiger partial charge on any atom is 0.317 e. The van der Waals surface area contributed by atoms with Crippen molar-refractivity contribution in [2.45, 2.75) is 25.8 Å². The fraction of sp³-hybridized carbons (Fsp3) is 0.556. The third kappa shape index (κ3) is 10.4. The van der Waals surface area contributed by atoms with Gasteiger partial charge in [0.15, 0.2) is 6.20 Å². The normalized spacial score (nSPS) is 18.4. The van der Waals surface area contributed by atoms with Gasteiger partial charge in [0, 0.05) is 25.7 Å². The van der Waals surface area contributed by atoms with E-state index >= 15 is 0 Å². The van der Waals surface area contributed by atoms with E-state index in [0.717, 1.165) is 15.5 Å². The van der Waals surface area contributed by atoms with Crippen molar-refractivity contribution in [2.24, 2.45) is 0 Å². The molecule has 39 heavy (non-hydrogen) atoms. The highest BCUT2D eigenvalue weighted by Gasteiger charge is 2.20. The first kappa shape index (κ1) is 30.2. The van der Waals surface area contributed by atoms with Gasteiger partial charge in [-0.25, -0.2) is 0 Å². The van der Waals surface area contributed by atoms with Crippen LogP contribution in [0.5, 0.6) is 0 Å². The van der Waals surface area contributed by atoms with Crippen LogP contribution in [0.3, 0.4) is 0 Å². The molecule has 2 heterocycles. The van der Waals surface area contributed by atoms with E-state index in [-0.39, 0.29) is 19.6 Å². The van der Waals surface area contributed by atoms with Crippen LogP contribution in [0.1, 0.15) is 25.0 Å². The van der Waals surface area contributed by atoms with Gasteiger partial charge in [-0.3, -0.25) is 34.0 Å². The van der Waals surface area contributed by atoms with Crippen LogP contribution in [-0.2, 0) is 20.9 Å². The van der Waals surface area contributed by atoms with Gasteiger partial charge in [-0.15, -0.1) is 0 Å². The lowest BCUT2D eigenvalue weighted by Crippen LogP contribution is -2.42. The molecule has 0 radical (unpaired) electrons. The lowest BCUT2D eigenvalue weighted by Gasteiger charge is -2.27. The second-order valence-corrected chi connectivity index (χ2v) is 10.0. The molecule has 12 heteroatoms.